The minimum atomic E-state index is -0.792. The van der Waals surface area contributed by atoms with Gasteiger partial charge in [0, 0.05) is 23.5 Å². The Bertz CT molecular complexity index is 1060. The zero-order valence-electron chi connectivity index (χ0n) is 14.5. The quantitative estimate of drug-likeness (QED) is 0.555. The molecule has 1 N–H and O–H groups in total. The summed E-state index contributed by atoms with van der Waals surface area (Å²) >= 11 is 0. The third kappa shape index (κ3) is 3.43. The highest BCUT2D eigenvalue weighted by Crippen LogP contribution is 2.18. The van der Waals surface area contributed by atoms with E-state index in [-0.39, 0.29) is 12.1 Å². The van der Waals surface area contributed by atoms with Gasteiger partial charge in [-0.15, -0.1) is 0 Å². The molecule has 0 radical (unpaired) electrons. The summed E-state index contributed by atoms with van der Waals surface area (Å²) in [5, 5.41) is 2.16. The number of carbonyl (C=O) groups excluding carboxylic acids is 3. The van der Waals surface area contributed by atoms with Crippen LogP contribution in [0, 0.1) is 0 Å². The van der Waals surface area contributed by atoms with Gasteiger partial charge in [0.25, 0.3) is 11.8 Å². The minimum Gasteiger partial charge on any atom is -0.467 e. The Morgan fingerprint density at radius 1 is 1.00 bits per heavy atom. The summed E-state index contributed by atoms with van der Waals surface area (Å²) in [5.74, 6) is -0.528. The summed E-state index contributed by atoms with van der Waals surface area (Å²) in [7, 11) is 0. The van der Waals surface area contributed by atoms with E-state index in [9.17, 15) is 14.4 Å². The lowest BCUT2D eigenvalue weighted by Crippen LogP contribution is -2.53. The molecule has 1 aromatic carbocycles. The van der Waals surface area contributed by atoms with Crippen molar-refractivity contribution in [2.24, 2.45) is 0 Å². The fraction of sp³-hybridized carbons (Fsp3) is 0.0500. The van der Waals surface area contributed by atoms with Crippen LogP contribution in [0.5, 0.6) is 0 Å². The number of benzene rings is 1. The van der Waals surface area contributed by atoms with Crippen molar-refractivity contribution in [1.29, 1.82) is 0 Å². The van der Waals surface area contributed by atoms with Crippen molar-refractivity contribution in [1.82, 2.24) is 20.2 Å². The van der Waals surface area contributed by atoms with E-state index >= 15 is 0 Å². The first-order chi connectivity index (χ1) is 13.6. The largest absolute Gasteiger partial charge is 0.467 e. The van der Waals surface area contributed by atoms with Gasteiger partial charge in [-0.1, -0.05) is 30.3 Å². The van der Waals surface area contributed by atoms with Gasteiger partial charge >= 0.3 is 6.03 Å². The lowest BCUT2D eigenvalue weighted by atomic mass is 10.1. The van der Waals surface area contributed by atoms with E-state index < -0.39 is 17.8 Å². The molecule has 0 spiro atoms. The molecular weight excluding hydrogens is 360 g/mol. The molecule has 2 aromatic heterocycles. The predicted molar refractivity (Wildman–Crippen MR) is 98.2 cm³/mol. The number of barbiturate groups is 1. The maximum absolute atomic E-state index is 12.7. The highest BCUT2D eigenvalue weighted by Gasteiger charge is 2.36. The third-order valence-electron chi connectivity index (χ3n) is 4.09. The van der Waals surface area contributed by atoms with E-state index in [4.69, 9.17) is 4.42 Å². The lowest BCUT2D eigenvalue weighted by molar-refractivity contribution is -0.130. The van der Waals surface area contributed by atoms with Crippen molar-refractivity contribution in [2.45, 2.75) is 6.54 Å². The second-order valence-corrected chi connectivity index (χ2v) is 5.99. The highest BCUT2D eigenvalue weighted by molar-refractivity contribution is 6.30. The average molecular weight is 374 g/mol. The van der Waals surface area contributed by atoms with Crippen molar-refractivity contribution < 1.29 is 18.8 Å². The zero-order valence-corrected chi connectivity index (χ0v) is 14.5. The number of hydrogen-bond donors (Lipinski definition) is 1. The molecule has 8 heteroatoms. The topological polar surface area (TPSA) is 105 Å². The normalized spacial score (nSPS) is 15.8. The molecule has 4 rings (SSSR count). The molecular formula is C20H14N4O4. The number of nitrogens with one attached hydrogen (secondary N) is 1. The second kappa shape index (κ2) is 7.28. The molecule has 8 nitrogen and oxygen atoms in total. The molecule has 28 heavy (non-hydrogen) atoms. The van der Waals surface area contributed by atoms with Gasteiger partial charge in [0.2, 0.25) is 0 Å². The number of furan rings is 1. The zero-order chi connectivity index (χ0) is 19.5. The van der Waals surface area contributed by atoms with Crippen LogP contribution in [0.3, 0.4) is 0 Å². The number of rotatable bonds is 4. The number of urea groups is 1. The maximum Gasteiger partial charge on any atom is 0.331 e. The molecule has 0 aliphatic carbocycles. The summed E-state index contributed by atoms with van der Waals surface area (Å²) in [6, 6.07) is 11.9. The van der Waals surface area contributed by atoms with Gasteiger partial charge in [0.1, 0.15) is 11.3 Å². The Kier molecular flexibility index (Phi) is 4.51. The fourth-order valence-corrected chi connectivity index (χ4v) is 2.71. The number of amides is 4. The van der Waals surface area contributed by atoms with Crippen molar-refractivity contribution in [3.05, 3.63) is 78.0 Å². The van der Waals surface area contributed by atoms with Crippen molar-refractivity contribution in [2.75, 3.05) is 0 Å². The molecule has 1 fully saturated rings. The summed E-state index contributed by atoms with van der Waals surface area (Å²) < 4.78 is 5.17. The first kappa shape index (κ1) is 17.3. The van der Waals surface area contributed by atoms with Gasteiger partial charge < -0.3 is 4.42 Å². The standard InChI is InChI=1S/C20H14N4O4/c25-18-16(19(26)24(20(27)23-18)12-15-7-4-8-28-15)9-13-10-21-17(22-11-13)14-5-2-1-3-6-14/h1-11H,12H2,(H,23,25,27)/b16-9+. The predicted octanol–water partition coefficient (Wildman–Crippen LogP) is 2.40. The van der Waals surface area contributed by atoms with Crippen molar-refractivity contribution in [3.63, 3.8) is 0 Å². The Labute approximate surface area is 159 Å². The van der Waals surface area contributed by atoms with Crippen LogP contribution in [0.2, 0.25) is 0 Å². The van der Waals surface area contributed by atoms with Crippen molar-refractivity contribution >= 4 is 23.9 Å². The molecule has 4 amide bonds. The number of hydrogen-bond acceptors (Lipinski definition) is 6. The Balaban J connectivity index is 1.59. The van der Waals surface area contributed by atoms with Crippen LogP contribution < -0.4 is 5.32 Å². The monoisotopic (exact) mass is 374 g/mol. The average Bonchev–Trinajstić information content (AvgIpc) is 3.23. The van der Waals surface area contributed by atoms with E-state index in [1.165, 1.54) is 24.7 Å². The van der Waals surface area contributed by atoms with Gasteiger partial charge in [-0.3, -0.25) is 19.8 Å². The first-order valence-corrected chi connectivity index (χ1v) is 8.40. The Hall–Kier alpha value is -4.07. The van der Waals surface area contributed by atoms with Gasteiger partial charge in [-0.2, -0.15) is 0 Å². The maximum atomic E-state index is 12.7. The Morgan fingerprint density at radius 3 is 2.43 bits per heavy atom. The van der Waals surface area contributed by atoms with Gasteiger partial charge in [-0.25, -0.2) is 14.8 Å². The van der Waals surface area contributed by atoms with Crippen LogP contribution in [0.4, 0.5) is 4.79 Å². The van der Waals surface area contributed by atoms with Crippen LogP contribution in [0.15, 0.2) is 71.1 Å². The molecule has 138 valence electrons. The summed E-state index contributed by atoms with van der Waals surface area (Å²) in [6.07, 6.45) is 5.82. The van der Waals surface area contributed by atoms with Crippen molar-refractivity contribution in [3.8, 4) is 11.4 Å². The molecule has 3 aromatic rings. The second-order valence-electron chi connectivity index (χ2n) is 5.99. The van der Waals surface area contributed by atoms with Gasteiger partial charge in [-0.05, 0) is 18.2 Å². The van der Waals surface area contributed by atoms with Crippen LogP contribution in [-0.4, -0.2) is 32.7 Å². The molecule has 0 saturated carbocycles. The van der Waals surface area contributed by atoms with E-state index in [1.807, 2.05) is 30.3 Å². The third-order valence-corrected chi connectivity index (χ3v) is 4.09. The van der Waals surface area contributed by atoms with E-state index in [1.54, 1.807) is 12.1 Å². The Morgan fingerprint density at radius 2 is 1.75 bits per heavy atom. The molecule has 1 aliphatic heterocycles. The van der Waals surface area contributed by atoms with E-state index in [0.717, 1.165) is 10.5 Å². The van der Waals surface area contributed by atoms with Gasteiger partial charge in [0.15, 0.2) is 5.82 Å². The SMILES string of the molecule is O=C1NC(=O)N(Cc2ccco2)C(=O)/C1=C/c1cnc(-c2ccccc2)nc1. The summed E-state index contributed by atoms with van der Waals surface area (Å²) in [5.41, 5.74) is 1.14. The lowest BCUT2D eigenvalue weighted by Gasteiger charge is -2.25. The molecule has 0 bridgehead atoms. The molecule has 1 saturated heterocycles. The molecule has 0 atom stereocenters. The van der Waals surface area contributed by atoms with Crippen LogP contribution in [0.25, 0.3) is 17.5 Å². The first-order valence-electron chi connectivity index (χ1n) is 8.40. The van der Waals surface area contributed by atoms with Crippen LogP contribution >= 0.6 is 0 Å². The van der Waals surface area contributed by atoms with E-state index in [2.05, 4.69) is 15.3 Å². The minimum absolute atomic E-state index is 0.0776. The van der Waals surface area contributed by atoms with Gasteiger partial charge in [0.05, 0.1) is 12.8 Å². The summed E-state index contributed by atoms with van der Waals surface area (Å²) in [4.78, 5) is 46.3. The van der Waals surface area contributed by atoms with E-state index in [0.29, 0.717) is 17.1 Å². The highest BCUT2D eigenvalue weighted by atomic mass is 16.3. The smallest absolute Gasteiger partial charge is 0.331 e. The van der Waals surface area contributed by atoms with Crippen LogP contribution in [-0.2, 0) is 16.1 Å². The number of carbonyl (C=O) groups is 3. The number of aromatic nitrogens is 2. The summed E-state index contributed by atoms with van der Waals surface area (Å²) in [6.45, 7) is -0.0776. The van der Waals surface area contributed by atoms with Crippen LogP contribution in [0.1, 0.15) is 11.3 Å². The fourth-order valence-electron chi connectivity index (χ4n) is 2.71. The molecule has 3 heterocycles. The molecule has 1 aliphatic rings. The number of nitrogens with zero attached hydrogens (tertiary/aromatic N) is 3. The molecule has 0 unspecified atom stereocenters. The number of imide groups is 2.